The van der Waals surface area contributed by atoms with Crippen molar-refractivity contribution < 1.29 is 19.1 Å². The van der Waals surface area contributed by atoms with E-state index < -0.39 is 0 Å². The molecule has 1 aromatic carbocycles. The highest BCUT2D eigenvalue weighted by molar-refractivity contribution is 6.05. The van der Waals surface area contributed by atoms with Crippen LogP contribution in [0.4, 0.5) is 17.2 Å². The van der Waals surface area contributed by atoms with E-state index in [2.05, 4.69) is 27.0 Å². The number of anilines is 3. The van der Waals surface area contributed by atoms with Gasteiger partial charge in [-0.25, -0.2) is 4.98 Å². The molecule has 0 saturated heterocycles. The van der Waals surface area contributed by atoms with Gasteiger partial charge in [-0.2, -0.15) is 5.26 Å². The second kappa shape index (κ2) is 6.74. The maximum Gasteiger partial charge on any atom is 0.254 e. The zero-order chi connectivity index (χ0) is 19.8. The molecule has 2 heterocycles. The van der Waals surface area contributed by atoms with Crippen LogP contribution in [-0.4, -0.2) is 31.0 Å². The lowest BCUT2D eigenvalue weighted by Gasteiger charge is -2.27. The van der Waals surface area contributed by atoms with Gasteiger partial charge in [0.05, 0.1) is 18.2 Å². The molecule has 0 unspecified atom stereocenters. The normalized spacial score (nSPS) is 13.8. The first-order chi connectivity index (χ1) is 13.6. The third-order valence-electron chi connectivity index (χ3n) is 4.61. The van der Waals surface area contributed by atoms with Gasteiger partial charge >= 0.3 is 0 Å². The number of rotatable bonds is 4. The molecule has 0 spiro atoms. The van der Waals surface area contributed by atoms with Crippen LogP contribution in [0.2, 0.25) is 0 Å². The summed E-state index contributed by atoms with van der Waals surface area (Å²) < 4.78 is 11.3. The summed E-state index contributed by atoms with van der Waals surface area (Å²) in [7, 11) is 3.00. The van der Waals surface area contributed by atoms with E-state index in [-0.39, 0.29) is 46.2 Å². The van der Waals surface area contributed by atoms with Crippen molar-refractivity contribution in [3.8, 4) is 23.3 Å². The van der Waals surface area contributed by atoms with Crippen LogP contribution in [0.3, 0.4) is 0 Å². The summed E-state index contributed by atoms with van der Waals surface area (Å²) in [4.78, 5) is 28.7. The van der Waals surface area contributed by atoms with Gasteiger partial charge in [-0.05, 0) is 25.0 Å². The number of carbonyl (C=O) groups excluding carboxylic acids is 2. The molecule has 9 nitrogen and oxygen atoms in total. The molecule has 2 aromatic rings. The molecule has 28 heavy (non-hydrogen) atoms. The number of nitrogens with one attached hydrogen (secondary N) is 3. The Morgan fingerprint density at radius 2 is 2.11 bits per heavy atom. The Bertz CT molecular complexity index is 1040. The van der Waals surface area contributed by atoms with Crippen molar-refractivity contribution in [2.45, 2.75) is 12.8 Å². The minimum absolute atomic E-state index is 0.0327. The number of carbonyl (C=O) groups is 2. The van der Waals surface area contributed by atoms with Gasteiger partial charge in [0, 0.05) is 19.2 Å². The van der Waals surface area contributed by atoms with Gasteiger partial charge in [-0.15, -0.1) is 0 Å². The van der Waals surface area contributed by atoms with Crippen molar-refractivity contribution in [2.24, 2.45) is 5.92 Å². The fourth-order valence-corrected chi connectivity index (χ4v) is 2.95. The number of ether oxygens (including phenoxy) is 2. The quantitative estimate of drug-likeness (QED) is 0.636. The van der Waals surface area contributed by atoms with Crippen molar-refractivity contribution in [3.63, 3.8) is 0 Å². The summed E-state index contributed by atoms with van der Waals surface area (Å²) in [5.41, 5.74) is 1.27. The van der Waals surface area contributed by atoms with E-state index in [1.807, 2.05) is 0 Å². The van der Waals surface area contributed by atoms with Gasteiger partial charge in [0.2, 0.25) is 5.91 Å². The fourth-order valence-electron chi connectivity index (χ4n) is 2.95. The SMILES string of the molecule is CNC(=O)c1cnc(NC(=O)C2CC2)c2c1Nc1c(OC)ccc(C#N)c1O2. The lowest BCUT2D eigenvalue weighted by atomic mass is 10.1. The molecular formula is C19H17N5O4. The van der Waals surface area contributed by atoms with Crippen molar-refractivity contribution in [1.29, 1.82) is 5.26 Å². The van der Waals surface area contributed by atoms with Crippen molar-refractivity contribution in [1.82, 2.24) is 10.3 Å². The molecule has 1 aliphatic heterocycles. The maximum absolute atomic E-state index is 12.3. The van der Waals surface area contributed by atoms with Crippen LogP contribution >= 0.6 is 0 Å². The zero-order valence-corrected chi connectivity index (χ0v) is 15.3. The Morgan fingerprint density at radius 1 is 1.32 bits per heavy atom. The molecule has 4 rings (SSSR count). The number of hydrogen-bond acceptors (Lipinski definition) is 7. The Labute approximate surface area is 160 Å². The van der Waals surface area contributed by atoms with Crippen LogP contribution in [0.15, 0.2) is 18.3 Å². The molecule has 0 atom stereocenters. The molecule has 3 N–H and O–H groups in total. The average molecular weight is 379 g/mol. The van der Waals surface area contributed by atoms with E-state index in [9.17, 15) is 14.9 Å². The van der Waals surface area contributed by atoms with Crippen molar-refractivity contribution in [2.75, 3.05) is 24.8 Å². The standard InChI is InChI=1S/C19H17N5O4/c1-21-19(26)11-8-22-17(24-18(25)9-3-4-9)16-13(11)23-14-12(27-2)6-5-10(7-20)15(14)28-16/h5-6,8-9,23H,3-4H2,1-2H3,(H,21,26)(H,22,24,25). The highest BCUT2D eigenvalue weighted by Gasteiger charge is 2.34. The molecule has 0 radical (unpaired) electrons. The number of methoxy groups -OCH3 is 1. The summed E-state index contributed by atoms with van der Waals surface area (Å²) >= 11 is 0. The van der Waals surface area contributed by atoms with Gasteiger partial charge in [0.1, 0.15) is 23.2 Å². The Kier molecular flexibility index (Phi) is 4.24. The van der Waals surface area contributed by atoms with Crippen LogP contribution in [-0.2, 0) is 4.79 Å². The van der Waals surface area contributed by atoms with Gasteiger partial charge in [-0.3, -0.25) is 9.59 Å². The first kappa shape index (κ1) is 17.6. The summed E-state index contributed by atoms with van der Waals surface area (Å²) in [6.07, 6.45) is 3.03. The molecule has 1 saturated carbocycles. The molecule has 1 aromatic heterocycles. The molecule has 9 heteroatoms. The van der Waals surface area contributed by atoms with Crippen molar-refractivity contribution in [3.05, 3.63) is 29.5 Å². The van der Waals surface area contributed by atoms with Crippen molar-refractivity contribution >= 4 is 29.0 Å². The van der Waals surface area contributed by atoms with Gasteiger partial charge in [0.25, 0.3) is 5.91 Å². The second-order valence-electron chi connectivity index (χ2n) is 6.43. The number of pyridine rings is 1. The van der Waals surface area contributed by atoms with Crippen LogP contribution in [0, 0.1) is 17.2 Å². The van der Waals surface area contributed by atoms with E-state index in [1.165, 1.54) is 20.4 Å². The fraction of sp³-hybridized carbons (Fsp3) is 0.263. The van der Waals surface area contributed by atoms with E-state index in [0.29, 0.717) is 17.1 Å². The molecule has 2 aliphatic rings. The molecule has 2 amide bonds. The smallest absolute Gasteiger partial charge is 0.254 e. The van der Waals surface area contributed by atoms with E-state index in [1.54, 1.807) is 12.1 Å². The summed E-state index contributed by atoms with van der Waals surface area (Å²) in [5, 5.41) is 17.9. The van der Waals surface area contributed by atoms with Crippen LogP contribution < -0.4 is 25.4 Å². The first-order valence-corrected chi connectivity index (χ1v) is 8.69. The minimum Gasteiger partial charge on any atom is -0.494 e. The Morgan fingerprint density at radius 3 is 2.75 bits per heavy atom. The van der Waals surface area contributed by atoms with Gasteiger partial charge in [-0.1, -0.05) is 0 Å². The monoisotopic (exact) mass is 379 g/mol. The predicted octanol–water partition coefficient (Wildman–Crippen LogP) is 2.52. The molecular weight excluding hydrogens is 362 g/mol. The number of nitriles is 1. The van der Waals surface area contributed by atoms with Gasteiger partial charge < -0.3 is 25.4 Å². The largest absolute Gasteiger partial charge is 0.494 e. The molecule has 1 aliphatic carbocycles. The van der Waals surface area contributed by atoms with Crippen LogP contribution in [0.25, 0.3) is 0 Å². The number of benzene rings is 1. The highest BCUT2D eigenvalue weighted by Crippen LogP contribution is 2.51. The third-order valence-corrected chi connectivity index (χ3v) is 4.61. The predicted molar refractivity (Wildman–Crippen MR) is 100 cm³/mol. The van der Waals surface area contributed by atoms with E-state index in [4.69, 9.17) is 9.47 Å². The van der Waals surface area contributed by atoms with Gasteiger partial charge in [0.15, 0.2) is 17.3 Å². The Balaban J connectivity index is 1.85. The number of amides is 2. The summed E-state index contributed by atoms with van der Waals surface area (Å²) in [5.74, 6) is 0.489. The van der Waals surface area contributed by atoms with E-state index >= 15 is 0 Å². The molecule has 0 bridgehead atoms. The highest BCUT2D eigenvalue weighted by atomic mass is 16.5. The average Bonchev–Trinajstić information content (AvgIpc) is 3.56. The second-order valence-corrected chi connectivity index (χ2v) is 6.43. The lowest BCUT2D eigenvalue weighted by molar-refractivity contribution is -0.117. The number of aromatic nitrogens is 1. The molecule has 142 valence electrons. The lowest BCUT2D eigenvalue weighted by Crippen LogP contribution is -2.22. The minimum atomic E-state index is -0.376. The summed E-state index contributed by atoms with van der Waals surface area (Å²) in [6, 6.07) is 5.27. The maximum atomic E-state index is 12.3. The molecule has 1 fully saturated rings. The first-order valence-electron chi connectivity index (χ1n) is 8.69. The van der Waals surface area contributed by atoms with Crippen LogP contribution in [0.5, 0.6) is 17.2 Å². The topological polar surface area (TPSA) is 125 Å². The zero-order valence-electron chi connectivity index (χ0n) is 15.3. The number of hydrogen-bond donors (Lipinski definition) is 3. The summed E-state index contributed by atoms with van der Waals surface area (Å²) in [6.45, 7) is 0. The number of nitrogens with zero attached hydrogens (tertiary/aromatic N) is 2. The van der Waals surface area contributed by atoms with Crippen LogP contribution in [0.1, 0.15) is 28.8 Å². The number of fused-ring (bicyclic) bond motifs is 2. The third kappa shape index (κ3) is 2.85. The van der Waals surface area contributed by atoms with E-state index in [0.717, 1.165) is 12.8 Å². The Hall–Kier alpha value is -3.80.